The zero-order chi connectivity index (χ0) is 27.5. The Hall–Kier alpha value is -4.63. The van der Waals surface area contributed by atoms with Gasteiger partial charge in [-0.2, -0.15) is 0 Å². The summed E-state index contributed by atoms with van der Waals surface area (Å²) in [6, 6.07) is 20.7. The third-order valence-electron chi connectivity index (χ3n) is 6.28. The lowest BCUT2D eigenvalue weighted by molar-refractivity contribution is -0.138. The molecule has 1 aromatic heterocycles. The average Bonchev–Trinajstić information content (AvgIpc) is 3.27. The van der Waals surface area contributed by atoms with Gasteiger partial charge in [0, 0.05) is 5.56 Å². The quantitative estimate of drug-likeness (QED) is 0.358. The predicted octanol–water partition coefficient (Wildman–Crippen LogP) is 3.66. The fourth-order valence-corrected chi connectivity index (χ4v) is 5.50. The number of carbonyl (C=O) groups excluding carboxylic acids is 1. The molecule has 0 saturated heterocycles. The summed E-state index contributed by atoms with van der Waals surface area (Å²) in [6.07, 6.45) is 1.71. The van der Waals surface area contributed by atoms with E-state index in [0.717, 1.165) is 5.56 Å². The van der Waals surface area contributed by atoms with Gasteiger partial charge in [0.2, 0.25) is 0 Å². The summed E-state index contributed by atoms with van der Waals surface area (Å²) in [7, 11) is 3.02. The van der Waals surface area contributed by atoms with E-state index in [2.05, 4.69) is 0 Å². The smallest absolute Gasteiger partial charge is 0.338 e. The molecular weight excluding hydrogens is 516 g/mol. The molecule has 2 heterocycles. The van der Waals surface area contributed by atoms with Gasteiger partial charge in [0.15, 0.2) is 16.3 Å². The summed E-state index contributed by atoms with van der Waals surface area (Å²) in [5.41, 5.74) is 2.48. The molecule has 39 heavy (non-hydrogen) atoms. The highest BCUT2D eigenvalue weighted by Gasteiger charge is 2.35. The van der Waals surface area contributed by atoms with Gasteiger partial charge >= 0.3 is 5.97 Å². The molecule has 0 bridgehead atoms. The third-order valence-corrected chi connectivity index (χ3v) is 7.27. The minimum absolute atomic E-state index is 0.000663. The molecule has 3 aromatic carbocycles. The van der Waals surface area contributed by atoms with Crippen LogP contribution in [-0.4, -0.2) is 36.5 Å². The van der Waals surface area contributed by atoms with E-state index in [1.807, 2.05) is 42.5 Å². The molecule has 0 radical (unpaired) electrons. The van der Waals surface area contributed by atoms with Crippen LogP contribution in [0.15, 0.2) is 88.2 Å². The molecule has 1 atom stereocenters. The molecule has 0 amide bonds. The van der Waals surface area contributed by atoms with Crippen LogP contribution in [0.5, 0.6) is 17.2 Å². The molecular formula is C30H26N2O6S. The van der Waals surface area contributed by atoms with Crippen LogP contribution in [0, 0.1) is 0 Å². The molecule has 1 aliphatic rings. The number of aromatic nitrogens is 1. The number of methoxy groups -OCH3 is 2. The summed E-state index contributed by atoms with van der Waals surface area (Å²) < 4.78 is 18.1. The van der Waals surface area contributed by atoms with Crippen molar-refractivity contribution in [3.63, 3.8) is 0 Å². The Balaban J connectivity index is 1.82. The van der Waals surface area contributed by atoms with Crippen LogP contribution < -0.4 is 24.4 Å². The number of carbonyl (C=O) groups is 1. The molecule has 4 aromatic rings. The minimum Gasteiger partial charge on any atom is -0.504 e. The SMILES string of the molecule is CCOC(=O)C1=C(c2ccccc2)N=c2s/c(=C\c3ccc(O)c(OC)c3)c(=O)n2C1c1cccc(OC)c1. The van der Waals surface area contributed by atoms with Crippen LogP contribution >= 0.6 is 11.3 Å². The molecule has 198 valence electrons. The molecule has 0 spiro atoms. The first-order chi connectivity index (χ1) is 18.9. The molecule has 1 unspecified atom stereocenters. The van der Waals surface area contributed by atoms with E-state index in [1.165, 1.54) is 29.1 Å². The van der Waals surface area contributed by atoms with Crippen LogP contribution in [0.25, 0.3) is 11.8 Å². The fraction of sp³-hybridized carbons (Fsp3) is 0.167. The number of esters is 1. The number of fused-ring (bicyclic) bond motifs is 1. The van der Waals surface area contributed by atoms with E-state index < -0.39 is 12.0 Å². The van der Waals surface area contributed by atoms with Gasteiger partial charge in [-0.25, -0.2) is 9.79 Å². The van der Waals surface area contributed by atoms with Gasteiger partial charge in [-0.1, -0.05) is 59.9 Å². The van der Waals surface area contributed by atoms with E-state index in [1.54, 1.807) is 44.4 Å². The maximum atomic E-state index is 13.9. The Morgan fingerprint density at radius 2 is 1.85 bits per heavy atom. The number of phenolic OH excluding ortho intramolecular Hbond substituents is 1. The van der Waals surface area contributed by atoms with Crippen molar-refractivity contribution in [1.29, 1.82) is 0 Å². The largest absolute Gasteiger partial charge is 0.504 e. The highest BCUT2D eigenvalue weighted by molar-refractivity contribution is 7.07. The number of nitrogens with zero attached hydrogens (tertiary/aromatic N) is 2. The second-order valence-corrected chi connectivity index (χ2v) is 9.65. The van der Waals surface area contributed by atoms with Crippen molar-refractivity contribution in [2.75, 3.05) is 20.8 Å². The highest BCUT2D eigenvalue weighted by atomic mass is 32.1. The Labute approximate surface area is 228 Å². The zero-order valence-electron chi connectivity index (χ0n) is 21.6. The van der Waals surface area contributed by atoms with Crippen molar-refractivity contribution in [3.05, 3.63) is 115 Å². The average molecular weight is 543 g/mol. The van der Waals surface area contributed by atoms with Crippen molar-refractivity contribution >= 4 is 29.1 Å². The molecule has 0 saturated carbocycles. The van der Waals surface area contributed by atoms with Gasteiger partial charge < -0.3 is 19.3 Å². The molecule has 8 nitrogen and oxygen atoms in total. The summed E-state index contributed by atoms with van der Waals surface area (Å²) in [5, 5.41) is 9.98. The summed E-state index contributed by atoms with van der Waals surface area (Å²) in [6.45, 7) is 1.91. The monoisotopic (exact) mass is 542 g/mol. The molecule has 0 fully saturated rings. The molecule has 1 N–H and O–H groups in total. The maximum Gasteiger partial charge on any atom is 0.338 e. The van der Waals surface area contributed by atoms with Crippen LogP contribution in [0.2, 0.25) is 0 Å². The standard InChI is InChI=1S/C30H26N2O6S/c1-4-38-29(35)25-26(19-9-6-5-7-10-19)31-30-32(27(25)20-11-8-12-21(17-20)36-2)28(34)24(39-30)16-18-13-14-22(33)23(15-18)37-3/h5-17,27,33H,4H2,1-3H3/b24-16-. The topological polar surface area (TPSA) is 99.4 Å². The summed E-state index contributed by atoms with van der Waals surface area (Å²) in [5.74, 6) is 0.334. The van der Waals surface area contributed by atoms with Crippen molar-refractivity contribution in [3.8, 4) is 17.2 Å². The molecule has 1 aliphatic heterocycles. The first-order valence-corrected chi connectivity index (χ1v) is 13.1. The number of thiazole rings is 1. The summed E-state index contributed by atoms with van der Waals surface area (Å²) >= 11 is 1.22. The minimum atomic E-state index is -0.804. The predicted molar refractivity (Wildman–Crippen MR) is 149 cm³/mol. The van der Waals surface area contributed by atoms with Crippen LogP contribution in [0.1, 0.15) is 29.7 Å². The van der Waals surface area contributed by atoms with Crippen LogP contribution in [0.3, 0.4) is 0 Å². The second-order valence-electron chi connectivity index (χ2n) is 8.64. The first-order valence-electron chi connectivity index (χ1n) is 12.2. The van der Waals surface area contributed by atoms with Gasteiger partial charge in [-0.3, -0.25) is 9.36 Å². The normalized spacial score (nSPS) is 14.9. The van der Waals surface area contributed by atoms with Crippen molar-refractivity contribution < 1.29 is 24.1 Å². The molecule has 5 rings (SSSR count). The van der Waals surface area contributed by atoms with Crippen molar-refractivity contribution in [1.82, 2.24) is 4.57 Å². The second kappa shape index (κ2) is 11.0. The lowest BCUT2D eigenvalue weighted by Gasteiger charge is -2.26. The van der Waals surface area contributed by atoms with E-state index in [0.29, 0.717) is 37.7 Å². The fourth-order valence-electron chi connectivity index (χ4n) is 4.50. The highest BCUT2D eigenvalue weighted by Crippen LogP contribution is 2.36. The zero-order valence-corrected chi connectivity index (χ0v) is 22.4. The Morgan fingerprint density at radius 3 is 2.56 bits per heavy atom. The first kappa shape index (κ1) is 26.0. The van der Waals surface area contributed by atoms with Gasteiger partial charge in [-0.05, 0) is 48.4 Å². The van der Waals surface area contributed by atoms with Crippen LogP contribution in [-0.2, 0) is 9.53 Å². The van der Waals surface area contributed by atoms with Gasteiger partial charge in [0.05, 0.1) is 42.7 Å². The van der Waals surface area contributed by atoms with E-state index >= 15 is 0 Å². The number of hydrogen-bond acceptors (Lipinski definition) is 8. The molecule has 9 heteroatoms. The Bertz CT molecular complexity index is 1750. The van der Waals surface area contributed by atoms with Crippen molar-refractivity contribution in [2.45, 2.75) is 13.0 Å². The number of ether oxygens (including phenoxy) is 3. The third kappa shape index (κ3) is 4.96. The van der Waals surface area contributed by atoms with Gasteiger partial charge in [0.1, 0.15) is 5.75 Å². The number of phenols is 1. The Morgan fingerprint density at radius 1 is 1.05 bits per heavy atom. The number of rotatable bonds is 7. The maximum absolute atomic E-state index is 13.9. The van der Waals surface area contributed by atoms with E-state index in [-0.39, 0.29) is 23.5 Å². The number of benzene rings is 3. The van der Waals surface area contributed by atoms with E-state index in [9.17, 15) is 14.7 Å². The number of hydrogen-bond donors (Lipinski definition) is 1. The van der Waals surface area contributed by atoms with E-state index in [4.69, 9.17) is 19.2 Å². The van der Waals surface area contributed by atoms with Crippen LogP contribution in [0.4, 0.5) is 0 Å². The van der Waals surface area contributed by atoms with Crippen molar-refractivity contribution in [2.24, 2.45) is 4.99 Å². The Kier molecular flexibility index (Phi) is 7.33. The summed E-state index contributed by atoms with van der Waals surface area (Å²) in [4.78, 5) is 32.7. The lowest BCUT2D eigenvalue weighted by atomic mass is 9.93. The molecule has 0 aliphatic carbocycles. The van der Waals surface area contributed by atoms with Gasteiger partial charge in [0.25, 0.3) is 5.56 Å². The van der Waals surface area contributed by atoms with Gasteiger partial charge in [-0.15, -0.1) is 0 Å². The number of aromatic hydroxyl groups is 1. The lowest BCUT2D eigenvalue weighted by Crippen LogP contribution is -2.40.